The molecule has 18 heavy (non-hydrogen) atoms. The highest BCUT2D eigenvalue weighted by Gasteiger charge is 2.24. The summed E-state index contributed by atoms with van der Waals surface area (Å²) in [5.74, 6) is 0.602. The number of rotatable bonds is 3. The molecule has 0 aromatic heterocycles. The lowest BCUT2D eigenvalue weighted by Crippen LogP contribution is -2.33. The smallest absolute Gasteiger partial charge is 0.445 e. The molecule has 0 radical (unpaired) electrons. The molecule has 1 aromatic carbocycles. The van der Waals surface area contributed by atoms with Crippen LogP contribution in [0, 0.1) is 5.92 Å². The summed E-state index contributed by atoms with van der Waals surface area (Å²) in [6, 6.07) is 5.43. The molecule has 1 aliphatic carbocycles. The van der Waals surface area contributed by atoms with E-state index in [4.69, 9.17) is 0 Å². The van der Waals surface area contributed by atoms with Gasteiger partial charge in [0.25, 0.3) is 0 Å². The lowest BCUT2D eigenvalue weighted by atomic mass is 9.80. The Morgan fingerprint density at radius 1 is 0.944 bits per heavy atom. The van der Waals surface area contributed by atoms with E-state index in [1.54, 1.807) is 12.1 Å². The van der Waals surface area contributed by atoms with Gasteiger partial charge in [-0.05, 0) is 24.3 Å². The Kier molecular flexibility index (Phi) is 4.15. The highest BCUT2D eigenvalue weighted by Crippen LogP contribution is 2.25. The zero-order chi connectivity index (χ0) is 13.0. The minimum Gasteiger partial charge on any atom is -0.445 e. The zero-order valence-electron chi connectivity index (χ0n) is 10.3. The second-order valence-corrected chi connectivity index (χ2v) is 5.00. The van der Waals surface area contributed by atoms with Gasteiger partial charge in [-0.1, -0.05) is 55.7 Å². The maximum Gasteiger partial charge on any atom is 0.509 e. The van der Waals surface area contributed by atoms with Crippen molar-refractivity contribution < 1.29 is 12.9 Å². The SMILES string of the molecule is F[B-](F)(F)c1ccc(/C=C/C2CCCCC2)cc1. The largest absolute Gasteiger partial charge is 0.509 e. The van der Waals surface area contributed by atoms with Gasteiger partial charge in [-0.3, -0.25) is 0 Å². The molecule has 0 unspecified atom stereocenters. The summed E-state index contributed by atoms with van der Waals surface area (Å²) in [5, 5.41) is 0. The molecule has 0 bridgehead atoms. The van der Waals surface area contributed by atoms with Crippen LogP contribution in [0.2, 0.25) is 0 Å². The van der Waals surface area contributed by atoms with Crippen molar-refractivity contribution in [2.75, 3.05) is 0 Å². The van der Waals surface area contributed by atoms with Gasteiger partial charge in [-0.15, -0.1) is 5.46 Å². The first-order chi connectivity index (χ1) is 8.55. The van der Waals surface area contributed by atoms with E-state index in [1.807, 2.05) is 6.08 Å². The minimum atomic E-state index is -4.87. The molecule has 2 rings (SSSR count). The van der Waals surface area contributed by atoms with Crippen molar-refractivity contribution in [3.8, 4) is 0 Å². The lowest BCUT2D eigenvalue weighted by molar-refractivity contribution is 0.420. The van der Waals surface area contributed by atoms with Crippen molar-refractivity contribution in [3.05, 3.63) is 35.9 Å². The van der Waals surface area contributed by atoms with E-state index >= 15 is 0 Å². The van der Waals surface area contributed by atoms with E-state index in [-0.39, 0.29) is 0 Å². The molecular formula is C14H17BF3-. The molecule has 1 saturated carbocycles. The summed E-state index contributed by atoms with van der Waals surface area (Å²) >= 11 is 0. The van der Waals surface area contributed by atoms with Crippen LogP contribution in [-0.2, 0) is 0 Å². The summed E-state index contributed by atoms with van der Waals surface area (Å²) in [6.45, 7) is -4.87. The molecule has 0 aliphatic heterocycles. The van der Waals surface area contributed by atoms with Crippen LogP contribution in [0.25, 0.3) is 6.08 Å². The summed E-state index contributed by atoms with van der Waals surface area (Å²) in [7, 11) is 0. The Bertz CT molecular complexity index is 400. The van der Waals surface area contributed by atoms with Gasteiger partial charge in [0.1, 0.15) is 0 Å². The van der Waals surface area contributed by atoms with Crippen molar-refractivity contribution >= 4 is 18.5 Å². The van der Waals surface area contributed by atoms with E-state index in [2.05, 4.69) is 6.08 Å². The topological polar surface area (TPSA) is 0 Å². The molecule has 0 N–H and O–H groups in total. The summed E-state index contributed by atoms with van der Waals surface area (Å²) in [5.41, 5.74) is 0.328. The van der Waals surface area contributed by atoms with Gasteiger partial charge in [0, 0.05) is 0 Å². The van der Waals surface area contributed by atoms with Gasteiger partial charge in [0.2, 0.25) is 0 Å². The van der Waals surface area contributed by atoms with Crippen LogP contribution in [0.3, 0.4) is 0 Å². The third-order valence-corrected chi connectivity index (χ3v) is 3.53. The fraction of sp³-hybridized carbons (Fsp3) is 0.429. The molecular weight excluding hydrogens is 236 g/mol. The first-order valence-electron chi connectivity index (χ1n) is 6.54. The molecule has 0 saturated heterocycles. The monoisotopic (exact) mass is 253 g/mol. The van der Waals surface area contributed by atoms with Crippen molar-refractivity contribution in [2.45, 2.75) is 32.1 Å². The van der Waals surface area contributed by atoms with Gasteiger partial charge in [-0.25, -0.2) is 0 Å². The molecule has 1 aromatic rings. The van der Waals surface area contributed by atoms with Gasteiger partial charge < -0.3 is 12.9 Å². The highest BCUT2D eigenvalue weighted by molar-refractivity contribution is 6.73. The normalized spacial score (nSPS) is 18.4. The van der Waals surface area contributed by atoms with Crippen LogP contribution < -0.4 is 5.46 Å². The first-order valence-corrected chi connectivity index (χ1v) is 6.54. The van der Waals surface area contributed by atoms with Crippen LogP contribution >= 0.6 is 0 Å². The number of allylic oxidation sites excluding steroid dienone is 1. The number of benzene rings is 1. The molecule has 0 heterocycles. The quantitative estimate of drug-likeness (QED) is 0.703. The highest BCUT2D eigenvalue weighted by atomic mass is 19.4. The van der Waals surface area contributed by atoms with Gasteiger partial charge in [0.05, 0.1) is 0 Å². The molecule has 0 nitrogen and oxygen atoms in total. The van der Waals surface area contributed by atoms with Crippen molar-refractivity contribution in [1.82, 2.24) is 0 Å². The predicted octanol–water partition coefficient (Wildman–Crippen LogP) is 4.33. The fourth-order valence-electron chi connectivity index (χ4n) is 2.40. The van der Waals surface area contributed by atoms with Crippen molar-refractivity contribution in [1.29, 1.82) is 0 Å². The van der Waals surface area contributed by atoms with Crippen LogP contribution in [0.1, 0.15) is 37.7 Å². The van der Waals surface area contributed by atoms with Gasteiger partial charge in [0.15, 0.2) is 0 Å². The molecule has 0 spiro atoms. The third kappa shape index (κ3) is 3.65. The Morgan fingerprint density at radius 2 is 1.56 bits per heavy atom. The lowest BCUT2D eigenvalue weighted by Gasteiger charge is -2.18. The summed E-state index contributed by atoms with van der Waals surface area (Å²) in [4.78, 5) is 0. The average molecular weight is 253 g/mol. The molecule has 1 aliphatic rings. The number of hydrogen-bond acceptors (Lipinski definition) is 0. The van der Waals surface area contributed by atoms with E-state index < -0.39 is 12.4 Å². The summed E-state index contributed by atoms with van der Waals surface area (Å²) < 4.78 is 37.3. The van der Waals surface area contributed by atoms with E-state index in [0.29, 0.717) is 5.92 Å². The van der Waals surface area contributed by atoms with E-state index in [0.717, 1.165) is 5.56 Å². The van der Waals surface area contributed by atoms with E-state index in [9.17, 15) is 12.9 Å². The second kappa shape index (κ2) is 5.64. The second-order valence-electron chi connectivity index (χ2n) is 5.00. The van der Waals surface area contributed by atoms with Crippen LogP contribution in [-0.4, -0.2) is 6.98 Å². The standard InChI is InChI=1S/C14H17BF3/c16-15(17,18)14-10-8-13(9-11-14)7-6-12-4-2-1-3-5-12/h6-12H,1-5H2/q-1/b7-6+. The Balaban J connectivity index is 1.99. The Morgan fingerprint density at radius 3 is 2.11 bits per heavy atom. The molecule has 0 atom stereocenters. The zero-order valence-corrected chi connectivity index (χ0v) is 10.3. The molecule has 98 valence electrons. The summed E-state index contributed by atoms with van der Waals surface area (Å²) in [6.07, 6.45) is 10.4. The molecule has 1 fully saturated rings. The minimum absolute atomic E-state index is 0.523. The Hall–Kier alpha value is -1.19. The van der Waals surface area contributed by atoms with Gasteiger partial charge in [-0.2, -0.15) is 0 Å². The third-order valence-electron chi connectivity index (χ3n) is 3.53. The Labute approximate surface area is 106 Å². The maximum atomic E-state index is 12.4. The van der Waals surface area contributed by atoms with E-state index in [1.165, 1.54) is 44.2 Å². The molecule has 0 amide bonds. The number of hydrogen-bond donors (Lipinski definition) is 0. The number of halogens is 3. The van der Waals surface area contributed by atoms with Crippen LogP contribution in [0.4, 0.5) is 12.9 Å². The average Bonchev–Trinajstić information content (AvgIpc) is 2.37. The first kappa shape index (κ1) is 13.3. The molecule has 4 heteroatoms. The predicted molar refractivity (Wildman–Crippen MR) is 70.8 cm³/mol. The van der Waals surface area contributed by atoms with Gasteiger partial charge >= 0.3 is 6.98 Å². The fourth-order valence-corrected chi connectivity index (χ4v) is 2.40. The van der Waals surface area contributed by atoms with Crippen LogP contribution in [0.15, 0.2) is 30.3 Å². The van der Waals surface area contributed by atoms with Crippen molar-refractivity contribution in [2.24, 2.45) is 5.92 Å². The van der Waals surface area contributed by atoms with Crippen LogP contribution in [0.5, 0.6) is 0 Å². The van der Waals surface area contributed by atoms with Crippen molar-refractivity contribution in [3.63, 3.8) is 0 Å². The maximum absolute atomic E-state index is 12.4.